The van der Waals surface area contributed by atoms with E-state index < -0.39 is 0 Å². The number of hydrogen-bond acceptors (Lipinski definition) is 3. The normalized spacial score (nSPS) is 19.8. The topological polar surface area (TPSA) is 35.2 Å². The van der Waals surface area contributed by atoms with Gasteiger partial charge in [-0.3, -0.25) is 0 Å². The van der Waals surface area contributed by atoms with Gasteiger partial charge in [0, 0.05) is 4.88 Å². The Bertz CT molecular complexity index is 254. The van der Waals surface area contributed by atoms with Crippen molar-refractivity contribution in [2.24, 2.45) is 5.73 Å². The maximum Gasteiger partial charge on any atom is 0.0593 e. The van der Waals surface area contributed by atoms with Crippen LogP contribution in [0.2, 0.25) is 0 Å². The van der Waals surface area contributed by atoms with Gasteiger partial charge < -0.3 is 10.5 Å². The second kappa shape index (κ2) is 3.78. The molecule has 0 bridgehead atoms. The second-order valence-corrected chi connectivity index (χ2v) is 4.59. The van der Waals surface area contributed by atoms with Crippen LogP contribution in [0.15, 0.2) is 17.5 Å². The Labute approximate surface area is 82.7 Å². The minimum absolute atomic E-state index is 0.313. The fraction of sp³-hybridized carbons (Fsp3) is 0.600. The van der Waals surface area contributed by atoms with E-state index in [4.69, 9.17) is 10.5 Å². The second-order valence-electron chi connectivity index (χ2n) is 3.64. The van der Waals surface area contributed by atoms with E-state index in [1.165, 1.54) is 11.3 Å². The minimum atomic E-state index is 0.313. The van der Waals surface area contributed by atoms with Gasteiger partial charge in [0.05, 0.1) is 18.6 Å². The van der Waals surface area contributed by atoms with Crippen molar-refractivity contribution in [3.05, 3.63) is 22.4 Å². The first-order valence-corrected chi connectivity index (χ1v) is 5.57. The van der Waals surface area contributed by atoms with Crippen LogP contribution in [0.5, 0.6) is 0 Å². The van der Waals surface area contributed by atoms with Crippen molar-refractivity contribution in [3.8, 4) is 0 Å². The lowest BCUT2D eigenvalue weighted by Crippen LogP contribution is -2.46. The van der Waals surface area contributed by atoms with E-state index in [2.05, 4.69) is 17.5 Å². The Balaban J connectivity index is 2.07. The molecule has 0 aliphatic carbocycles. The molecule has 2 rings (SSSR count). The van der Waals surface area contributed by atoms with Crippen molar-refractivity contribution < 1.29 is 4.74 Å². The van der Waals surface area contributed by atoms with Crippen LogP contribution in [0.3, 0.4) is 0 Å². The predicted octanol–water partition coefficient (Wildman–Crippen LogP) is 1.76. The summed E-state index contributed by atoms with van der Waals surface area (Å²) < 4.78 is 5.32. The Kier molecular flexibility index (Phi) is 2.67. The zero-order valence-corrected chi connectivity index (χ0v) is 8.48. The van der Waals surface area contributed by atoms with Crippen molar-refractivity contribution in [2.75, 3.05) is 19.8 Å². The van der Waals surface area contributed by atoms with Gasteiger partial charge >= 0.3 is 0 Å². The zero-order valence-electron chi connectivity index (χ0n) is 7.66. The van der Waals surface area contributed by atoms with Crippen LogP contribution in [-0.2, 0) is 10.2 Å². The van der Waals surface area contributed by atoms with Gasteiger partial charge in [0.1, 0.15) is 0 Å². The molecule has 2 heterocycles. The van der Waals surface area contributed by atoms with E-state index in [1.54, 1.807) is 0 Å². The lowest BCUT2D eigenvalue weighted by Gasteiger charge is -2.41. The molecule has 0 saturated carbocycles. The Hall–Kier alpha value is -0.380. The molecule has 2 N–H and O–H groups in total. The molecule has 0 spiro atoms. The van der Waals surface area contributed by atoms with Gasteiger partial charge in [-0.05, 0) is 30.8 Å². The molecule has 0 amide bonds. The van der Waals surface area contributed by atoms with Crippen molar-refractivity contribution in [3.63, 3.8) is 0 Å². The largest absolute Gasteiger partial charge is 0.379 e. The van der Waals surface area contributed by atoms with E-state index >= 15 is 0 Å². The maximum absolute atomic E-state index is 5.53. The van der Waals surface area contributed by atoms with Crippen LogP contribution in [0.1, 0.15) is 17.7 Å². The molecular formula is C10H15NOS. The summed E-state index contributed by atoms with van der Waals surface area (Å²) in [7, 11) is 0. The first kappa shape index (κ1) is 9.19. The monoisotopic (exact) mass is 197 g/mol. The average molecular weight is 197 g/mol. The van der Waals surface area contributed by atoms with Crippen LogP contribution >= 0.6 is 11.3 Å². The summed E-state index contributed by atoms with van der Waals surface area (Å²) in [6, 6.07) is 4.33. The average Bonchev–Trinajstić information content (AvgIpc) is 2.56. The summed E-state index contributed by atoms with van der Waals surface area (Å²) in [5.74, 6) is 0. The Morgan fingerprint density at radius 3 is 2.85 bits per heavy atom. The Morgan fingerprint density at radius 1 is 1.54 bits per heavy atom. The van der Waals surface area contributed by atoms with E-state index in [0.29, 0.717) is 5.41 Å². The van der Waals surface area contributed by atoms with Gasteiger partial charge in [-0.15, -0.1) is 11.3 Å². The highest BCUT2D eigenvalue weighted by atomic mass is 32.1. The first-order chi connectivity index (χ1) is 6.37. The summed E-state index contributed by atoms with van der Waals surface area (Å²) >= 11 is 1.84. The third-order valence-electron chi connectivity index (χ3n) is 2.66. The third kappa shape index (κ3) is 1.64. The fourth-order valence-electron chi connectivity index (χ4n) is 1.78. The van der Waals surface area contributed by atoms with Gasteiger partial charge in [0.15, 0.2) is 0 Å². The molecule has 72 valence electrons. The van der Waals surface area contributed by atoms with Crippen LogP contribution in [0.4, 0.5) is 0 Å². The molecule has 1 aliphatic rings. The summed E-state index contributed by atoms with van der Waals surface area (Å²) in [5.41, 5.74) is 5.84. The molecule has 1 aromatic heterocycles. The zero-order chi connectivity index (χ0) is 9.15. The first-order valence-electron chi connectivity index (χ1n) is 4.69. The molecule has 1 aliphatic heterocycles. The molecule has 0 atom stereocenters. The molecular weight excluding hydrogens is 182 g/mol. The minimum Gasteiger partial charge on any atom is -0.379 e. The molecule has 0 radical (unpaired) electrons. The van der Waals surface area contributed by atoms with Gasteiger partial charge in [0.2, 0.25) is 0 Å². The van der Waals surface area contributed by atoms with Crippen molar-refractivity contribution in [1.29, 1.82) is 0 Å². The van der Waals surface area contributed by atoms with Crippen molar-refractivity contribution in [1.82, 2.24) is 0 Å². The fourth-order valence-corrected chi connectivity index (χ4v) is 2.71. The smallest absolute Gasteiger partial charge is 0.0593 e. The number of rotatable bonds is 4. The molecule has 0 unspecified atom stereocenters. The molecule has 1 aromatic rings. The number of hydrogen-bond donors (Lipinski definition) is 1. The number of nitrogens with two attached hydrogens (primary N) is 1. The summed E-state index contributed by atoms with van der Waals surface area (Å²) in [4.78, 5) is 1.47. The van der Waals surface area contributed by atoms with E-state index in [0.717, 1.165) is 26.2 Å². The van der Waals surface area contributed by atoms with Gasteiger partial charge in [-0.1, -0.05) is 6.07 Å². The van der Waals surface area contributed by atoms with E-state index in [-0.39, 0.29) is 0 Å². The van der Waals surface area contributed by atoms with Gasteiger partial charge in [-0.2, -0.15) is 0 Å². The predicted molar refractivity (Wildman–Crippen MR) is 55.1 cm³/mol. The molecule has 2 nitrogen and oxygen atoms in total. The maximum atomic E-state index is 5.53. The van der Waals surface area contributed by atoms with Gasteiger partial charge in [0.25, 0.3) is 0 Å². The lowest BCUT2D eigenvalue weighted by atomic mass is 9.80. The van der Waals surface area contributed by atoms with Gasteiger partial charge in [-0.25, -0.2) is 0 Å². The summed E-state index contributed by atoms with van der Waals surface area (Å²) in [5, 5.41) is 2.14. The van der Waals surface area contributed by atoms with E-state index in [9.17, 15) is 0 Å². The summed E-state index contributed by atoms with van der Waals surface area (Å²) in [6.45, 7) is 2.55. The highest BCUT2D eigenvalue weighted by Crippen LogP contribution is 2.38. The van der Waals surface area contributed by atoms with E-state index in [1.807, 2.05) is 11.3 Å². The van der Waals surface area contributed by atoms with Crippen LogP contribution in [-0.4, -0.2) is 19.8 Å². The van der Waals surface area contributed by atoms with Crippen LogP contribution < -0.4 is 5.73 Å². The SMILES string of the molecule is NCCCC1(c2cccs2)COC1. The third-order valence-corrected chi connectivity index (χ3v) is 3.78. The highest BCUT2D eigenvalue weighted by molar-refractivity contribution is 7.10. The summed E-state index contributed by atoms with van der Waals surface area (Å²) in [6.07, 6.45) is 2.27. The van der Waals surface area contributed by atoms with Crippen LogP contribution in [0.25, 0.3) is 0 Å². The molecule has 13 heavy (non-hydrogen) atoms. The number of thiophene rings is 1. The van der Waals surface area contributed by atoms with Crippen molar-refractivity contribution >= 4 is 11.3 Å². The molecule has 1 saturated heterocycles. The highest BCUT2D eigenvalue weighted by Gasteiger charge is 2.40. The quantitative estimate of drug-likeness (QED) is 0.798. The standard InChI is InChI=1S/C10H15NOS/c11-5-2-4-10(7-12-8-10)9-3-1-6-13-9/h1,3,6H,2,4-5,7-8,11H2. The number of ether oxygens (including phenoxy) is 1. The molecule has 0 aromatic carbocycles. The lowest BCUT2D eigenvalue weighted by molar-refractivity contribution is -0.0630. The van der Waals surface area contributed by atoms with Crippen LogP contribution in [0, 0.1) is 0 Å². The molecule has 1 fully saturated rings. The Morgan fingerprint density at radius 2 is 2.38 bits per heavy atom. The van der Waals surface area contributed by atoms with Crippen molar-refractivity contribution in [2.45, 2.75) is 18.3 Å². The molecule has 3 heteroatoms.